The summed E-state index contributed by atoms with van der Waals surface area (Å²) in [7, 11) is 0. The smallest absolute Gasteiger partial charge is 0.326 e. The molecule has 0 aliphatic rings. The second-order valence-electron chi connectivity index (χ2n) is 2.40. The molecule has 5 heteroatoms. The van der Waals surface area contributed by atoms with E-state index < -0.39 is 12.0 Å². The molecule has 0 saturated heterocycles. The Balaban J connectivity index is 2.89. The van der Waals surface area contributed by atoms with E-state index in [0.717, 1.165) is 5.69 Å². The van der Waals surface area contributed by atoms with Gasteiger partial charge in [0.2, 0.25) is 0 Å². The van der Waals surface area contributed by atoms with Crippen LogP contribution in [0.15, 0.2) is 12.4 Å². The van der Waals surface area contributed by atoms with Gasteiger partial charge in [-0.1, -0.05) is 0 Å². The van der Waals surface area contributed by atoms with Crippen molar-refractivity contribution >= 4 is 5.97 Å². The number of hydrogen-bond acceptors (Lipinski definition) is 4. The van der Waals surface area contributed by atoms with Gasteiger partial charge in [-0.05, 0) is 6.92 Å². The van der Waals surface area contributed by atoms with Gasteiger partial charge in [0, 0.05) is 6.20 Å². The molecule has 5 nitrogen and oxygen atoms in total. The van der Waals surface area contributed by atoms with Crippen molar-refractivity contribution in [3.63, 3.8) is 0 Å². The van der Waals surface area contributed by atoms with E-state index in [-0.39, 0.29) is 5.69 Å². The maximum absolute atomic E-state index is 10.4. The van der Waals surface area contributed by atoms with Crippen molar-refractivity contribution in [1.29, 1.82) is 0 Å². The average Bonchev–Trinajstić information content (AvgIpc) is 2.04. The summed E-state index contributed by atoms with van der Waals surface area (Å²) in [6, 6.07) is -1.09. The largest absolute Gasteiger partial charge is 0.480 e. The summed E-state index contributed by atoms with van der Waals surface area (Å²) in [6.07, 6.45) is 2.85. The number of carboxylic acids is 1. The minimum atomic E-state index is -1.10. The summed E-state index contributed by atoms with van der Waals surface area (Å²) in [5.74, 6) is -1.10. The summed E-state index contributed by atoms with van der Waals surface area (Å²) in [6.45, 7) is 1.77. The number of aliphatic carboxylic acids is 1. The molecule has 0 spiro atoms. The summed E-state index contributed by atoms with van der Waals surface area (Å²) in [5.41, 5.74) is 6.29. The highest BCUT2D eigenvalue weighted by atomic mass is 16.4. The zero-order valence-corrected chi connectivity index (χ0v) is 6.56. The van der Waals surface area contributed by atoms with Crippen LogP contribution in [0, 0.1) is 6.92 Å². The molecule has 3 N–H and O–H groups in total. The molecule has 64 valence electrons. The van der Waals surface area contributed by atoms with Gasteiger partial charge in [0.15, 0.2) is 0 Å². The molecule has 0 bridgehead atoms. The van der Waals surface area contributed by atoms with Gasteiger partial charge < -0.3 is 10.8 Å². The molecule has 1 rings (SSSR count). The third-order valence-electron chi connectivity index (χ3n) is 1.39. The lowest BCUT2D eigenvalue weighted by molar-refractivity contribution is -0.138. The molecule has 0 aliphatic heterocycles. The van der Waals surface area contributed by atoms with Crippen LogP contribution in [-0.2, 0) is 4.79 Å². The highest BCUT2D eigenvalue weighted by Crippen LogP contribution is 2.04. The monoisotopic (exact) mass is 167 g/mol. The Morgan fingerprint density at radius 3 is 2.67 bits per heavy atom. The molecule has 12 heavy (non-hydrogen) atoms. The number of aromatic nitrogens is 2. The third kappa shape index (κ3) is 1.76. The Morgan fingerprint density at radius 1 is 1.58 bits per heavy atom. The molecule has 1 unspecified atom stereocenters. The molecule has 0 amide bonds. The lowest BCUT2D eigenvalue weighted by Crippen LogP contribution is -2.21. The maximum Gasteiger partial charge on any atom is 0.326 e. The first-order chi connectivity index (χ1) is 5.61. The van der Waals surface area contributed by atoms with Gasteiger partial charge >= 0.3 is 5.97 Å². The van der Waals surface area contributed by atoms with Crippen molar-refractivity contribution < 1.29 is 9.90 Å². The van der Waals surface area contributed by atoms with E-state index in [1.165, 1.54) is 12.4 Å². The van der Waals surface area contributed by atoms with Crippen LogP contribution in [0.1, 0.15) is 17.4 Å². The third-order valence-corrected chi connectivity index (χ3v) is 1.39. The SMILES string of the molecule is Cc1cnc(C(N)C(=O)O)cn1. The van der Waals surface area contributed by atoms with Crippen LogP contribution in [0.4, 0.5) is 0 Å². The lowest BCUT2D eigenvalue weighted by Gasteiger charge is -2.03. The van der Waals surface area contributed by atoms with Gasteiger partial charge in [0.1, 0.15) is 6.04 Å². The van der Waals surface area contributed by atoms with Crippen molar-refractivity contribution in [3.05, 3.63) is 23.8 Å². The fraction of sp³-hybridized carbons (Fsp3) is 0.286. The molecule has 1 aromatic heterocycles. The predicted molar refractivity (Wildman–Crippen MR) is 41.3 cm³/mol. The Labute approximate surface area is 69.3 Å². The van der Waals surface area contributed by atoms with Crippen molar-refractivity contribution in [1.82, 2.24) is 9.97 Å². The molecular formula is C7H9N3O2. The van der Waals surface area contributed by atoms with Crippen molar-refractivity contribution in [2.45, 2.75) is 13.0 Å². The van der Waals surface area contributed by atoms with Crippen LogP contribution < -0.4 is 5.73 Å². The summed E-state index contributed by atoms with van der Waals surface area (Å²) >= 11 is 0. The second-order valence-corrected chi connectivity index (χ2v) is 2.40. The Bertz CT molecular complexity index is 283. The molecule has 1 atom stereocenters. The van der Waals surface area contributed by atoms with Crippen LogP contribution in [0.25, 0.3) is 0 Å². The molecule has 0 aliphatic carbocycles. The lowest BCUT2D eigenvalue weighted by atomic mass is 10.2. The zero-order valence-electron chi connectivity index (χ0n) is 6.56. The number of nitrogens with two attached hydrogens (primary N) is 1. The topological polar surface area (TPSA) is 89.1 Å². The fourth-order valence-electron chi connectivity index (χ4n) is 0.690. The summed E-state index contributed by atoms with van der Waals surface area (Å²) in [4.78, 5) is 18.1. The standard InChI is InChI=1S/C7H9N3O2/c1-4-2-10-5(3-9-4)6(8)7(11)12/h2-3,6H,8H2,1H3,(H,11,12). The summed E-state index contributed by atoms with van der Waals surface area (Å²) < 4.78 is 0. The average molecular weight is 167 g/mol. The van der Waals surface area contributed by atoms with E-state index in [0.29, 0.717) is 0 Å². The van der Waals surface area contributed by atoms with E-state index in [4.69, 9.17) is 10.8 Å². The van der Waals surface area contributed by atoms with Crippen LogP contribution >= 0.6 is 0 Å². The number of hydrogen-bond donors (Lipinski definition) is 2. The van der Waals surface area contributed by atoms with Gasteiger partial charge in [-0.15, -0.1) is 0 Å². The van der Waals surface area contributed by atoms with Crippen LogP contribution in [0.2, 0.25) is 0 Å². The van der Waals surface area contributed by atoms with E-state index in [1.54, 1.807) is 6.92 Å². The molecular weight excluding hydrogens is 158 g/mol. The zero-order chi connectivity index (χ0) is 9.14. The number of rotatable bonds is 2. The van der Waals surface area contributed by atoms with E-state index >= 15 is 0 Å². The highest BCUT2D eigenvalue weighted by Gasteiger charge is 2.15. The van der Waals surface area contributed by atoms with E-state index in [2.05, 4.69) is 9.97 Å². The molecule has 0 saturated carbocycles. The van der Waals surface area contributed by atoms with Crippen LogP contribution in [0.3, 0.4) is 0 Å². The number of nitrogens with zero attached hydrogens (tertiary/aromatic N) is 2. The molecule has 0 radical (unpaired) electrons. The normalized spacial score (nSPS) is 12.5. The Kier molecular flexibility index (Phi) is 2.35. The predicted octanol–water partition coefficient (Wildman–Crippen LogP) is -0.131. The minimum absolute atomic E-state index is 0.271. The summed E-state index contributed by atoms with van der Waals surface area (Å²) in [5, 5.41) is 8.51. The number of aryl methyl sites for hydroxylation is 1. The van der Waals surface area contributed by atoms with Gasteiger partial charge in [0.05, 0.1) is 17.6 Å². The highest BCUT2D eigenvalue weighted by molar-refractivity contribution is 5.74. The van der Waals surface area contributed by atoms with E-state index in [1.807, 2.05) is 0 Å². The molecule has 0 aromatic carbocycles. The van der Waals surface area contributed by atoms with Gasteiger partial charge in [0.25, 0.3) is 0 Å². The first-order valence-corrected chi connectivity index (χ1v) is 3.38. The van der Waals surface area contributed by atoms with Crippen molar-refractivity contribution in [3.8, 4) is 0 Å². The van der Waals surface area contributed by atoms with Crippen LogP contribution in [0.5, 0.6) is 0 Å². The van der Waals surface area contributed by atoms with Gasteiger partial charge in [-0.25, -0.2) is 0 Å². The van der Waals surface area contributed by atoms with Crippen molar-refractivity contribution in [2.24, 2.45) is 5.73 Å². The van der Waals surface area contributed by atoms with Crippen LogP contribution in [-0.4, -0.2) is 21.0 Å². The molecule has 1 aromatic rings. The molecule has 0 fully saturated rings. The van der Waals surface area contributed by atoms with Gasteiger partial charge in [-0.3, -0.25) is 14.8 Å². The number of carboxylic acid groups (broad SMARTS) is 1. The minimum Gasteiger partial charge on any atom is -0.480 e. The Morgan fingerprint density at radius 2 is 2.25 bits per heavy atom. The maximum atomic E-state index is 10.4. The Hall–Kier alpha value is -1.49. The first kappa shape index (κ1) is 8.61. The quantitative estimate of drug-likeness (QED) is 0.640. The fourth-order valence-corrected chi connectivity index (χ4v) is 0.690. The number of carbonyl (C=O) groups is 1. The second kappa shape index (κ2) is 3.27. The van der Waals surface area contributed by atoms with E-state index in [9.17, 15) is 4.79 Å². The van der Waals surface area contributed by atoms with Crippen molar-refractivity contribution in [2.75, 3.05) is 0 Å². The molecule has 1 heterocycles. The van der Waals surface area contributed by atoms with Gasteiger partial charge in [-0.2, -0.15) is 0 Å². The first-order valence-electron chi connectivity index (χ1n) is 3.38.